The van der Waals surface area contributed by atoms with Gasteiger partial charge in [-0.1, -0.05) is 13.8 Å². The van der Waals surface area contributed by atoms with Crippen molar-refractivity contribution in [3.8, 4) is 5.75 Å². The average Bonchev–Trinajstić information content (AvgIpc) is 2.94. The highest BCUT2D eigenvalue weighted by atomic mass is 16.5. The molecule has 0 fully saturated rings. The number of rotatable bonds is 6. The largest absolute Gasteiger partial charge is 0.494 e. The van der Waals surface area contributed by atoms with Crippen LogP contribution >= 0.6 is 0 Å². The minimum Gasteiger partial charge on any atom is -0.494 e. The zero-order chi connectivity index (χ0) is 14.4. The van der Waals surface area contributed by atoms with Gasteiger partial charge in [-0.05, 0) is 48.7 Å². The van der Waals surface area contributed by atoms with Gasteiger partial charge < -0.3 is 14.5 Å². The Morgan fingerprint density at radius 2 is 2.00 bits per heavy atom. The summed E-state index contributed by atoms with van der Waals surface area (Å²) in [4.78, 5) is 11.8. The van der Waals surface area contributed by atoms with Crippen molar-refractivity contribution in [3.05, 3.63) is 48.4 Å². The van der Waals surface area contributed by atoms with Crippen LogP contribution < -0.4 is 10.1 Å². The highest BCUT2D eigenvalue weighted by Crippen LogP contribution is 2.17. The Bertz CT molecular complexity index is 529. The molecule has 0 radical (unpaired) electrons. The van der Waals surface area contributed by atoms with Gasteiger partial charge in [-0.3, -0.25) is 4.79 Å². The Morgan fingerprint density at radius 3 is 2.60 bits per heavy atom. The standard InChI is InChI=1S/C16H19NO3/c1-12(2)9-11-19-14-7-5-13(6-8-14)17-16(18)15-4-3-10-20-15/h3-8,10,12H,9,11H2,1-2H3,(H,17,18). The Labute approximate surface area is 118 Å². The van der Waals surface area contributed by atoms with E-state index in [0.717, 1.165) is 12.2 Å². The molecule has 20 heavy (non-hydrogen) atoms. The fourth-order valence-electron chi connectivity index (χ4n) is 1.65. The zero-order valence-corrected chi connectivity index (χ0v) is 11.8. The fourth-order valence-corrected chi connectivity index (χ4v) is 1.65. The zero-order valence-electron chi connectivity index (χ0n) is 11.8. The van der Waals surface area contributed by atoms with Crippen molar-refractivity contribution in [1.29, 1.82) is 0 Å². The summed E-state index contributed by atoms with van der Waals surface area (Å²) in [7, 11) is 0. The number of carbonyl (C=O) groups excluding carboxylic acids is 1. The van der Waals surface area contributed by atoms with E-state index in [2.05, 4.69) is 19.2 Å². The molecule has 0 aliphatic carbocycles. The number of carbonyl (C=O) groups is 1. The second-order valence-electron chi connectivity index (χ2n) is 4.99. The molecule has 2 aromatic rings. The fraction of sp³-hybridized carbons (Fsp3) is 0.312. The Morgan fingerprint density at radius 1 is 1.25 bits per heavy atom. The summed E-state index contributed by atoms with van der Waals surface area (Å²) < 4.78 is 10.6. The Balaban J connectivity index is 1.87. The number of nitrogens with one attached hydrogen (secondary N) is 1. The molecule has 106 valence electrons. The molecule has 0 saturated carbocycles. The first-order chi connectivity index (χ1) is 9.65. The van der Waals surface area contributed by atoms with Gasteiger partial charge in [-0.15, -0.1) is 0 Å². The third kappa shape index (κ3) is 4.16. The van der Waals surface area contributed by atoms with Crippen LogP contribution in [0.25, 0.3) is 0 Å². The summed E-state index contributed by atoms with van der Waals surface area (Å²) in [5.74, 6) is 1.47. The molecule has 0 saturated heterocycles. The molecule has 2 rings (SSSR count). The first-order valence-corrected chi connectivity index (χ1v) is 6.73. The van der Waals surface area contributed by atoms with Gasteiger partial charge >= 0.3 is 0 Å². The van der Waals surface area contributed by atoms with E-state index in [4.69, 9.17) is 9.15 Å². The van der Waals surface area contributed by atoms with Crippen molar-refractivity contribution in [1.82, 2.24) is 0 Å². The van der Waals surface area contributed by atoms with Crippen molar-refractivity contribution in [2.75, 3.05) is 11.9 Å². The third-order valence-corrected chi connectivity index (χ3v) is 2.82. The summed E-state index contributed by atoms with van der Waals surface area (Å²) >= 11 is 0. The molecule has 1 aromatic heterocycles. The summed E-state index contributed by atoms with van der Waals surface area (Å²) in [5, 5.41) is 2.76. The minimum atomic E-state index is -0.261. The summed E-state index contributed by atoms with van der Waals surface area (Å²) in [6.45, 7) is 5.03. The monoisotopic (exact) mass is 273 g/mol. The lowest BCUT2D eigenvalue weighted by Crippen LogP contribution is -2.10. The SMILES string of the molecule is CC(C)CCOc1ccc(NC(=O)c2ccco2)cc1. The van der Waals surface area contributed by atoms with E-state index in [0.29, 0.717) is 24.0 Å². The molecule has 1 N–H and O–H groups in total. The second-order valence-corrected chi connectivity index (χ2v) is 4.99. The molecule has 0 unspecified atom stereocenters. The van der Waals surface area contributed by atoms with Gasteiger partial charge in [0.15, 0.2) is 5.76 Å². The van der Waals surface area contributed by atoms with E-state index >= 15 is 0 Å². The summed E-state index contributed by atoms with van der Waals surface area (Å²) in [6, 6.07) is 10.6. The van der Waals surface area contributed by atoms with Gasteiger partial charge in [-0.2, -0.15) is 0 Å². The van der Waals surface area contributed by atoms with Crippen molar-refractivity contribution in [2.24, 2.45) is 5.92 Å². The molecule has 0 spiro atoms. The highest BCUT2D eigenvalue weighted by molar-refractivity contribution is 6.02. The predicted octanol–water partition coefficient (Wildman–Crippen LogP) is 3.96. The van der Waals surface area contributed by atoms with Crippen LogP contribution in [-0.4, -0.2) is 12.5 Å². The van der Waals surface area contributed by atoms with Crippen LogP contribution in [0.5, 0.6) is 5.75 Å². The maximum absolute atomic E-state index is 11.8. The van der Waals surface area contributed by atoms with Gasteiger partial charge in [0.05, 0.1) is 12.9 Å². The number of anilines is 1. The summed E-state index contributed by atoms with van der Waals surface area (Å²) in [5.41, 5.74) is 0.711. The molecule has 1 aromatic carbocycles. The second kappa shape index (κ2) is 6.80. The number of hydrogen-bond acceptors (Lipinski definition) is 3. The van der Waals surface area contributed by atoms with Crippen LogP contribution in [0.1, 0.15) is 30.8 Å². The molecule has 0 bridgehead atoms. The number of amides is 1. The Hall–Kier alpha value is -2.23. The molecular formula is C16H19NO3. The van der Waals surface area contributed by atoms with Crippen LogP contribution in [0.2, 0.25) is 0 Å². The van der Waals surface area contributed by atoms with Crippen LogP contribution in [0.15, 0.2) is 47.1 Å². The van der Waals surface area contributed by atoms with Crippen LogP contribution in [0.4, 0.5) is 5.69 Å². The molecule has 1 amide bonds. The lowest BCUT2D eigenvalue weighted by molar-refractivity contribution is 0.0996. The lowest BCUT2D eigenvalue weighted by atomic mass is 10.1. The number of furan rings is 1. The van der Waals surface area contributed by atoms with Gasteiger partial charge in [0.2, 0.25) is 0 Å². The predicted molar refractivity (Wildman–Crippen MR) is 78.1 cm³/mol. The first-order valence-electron chi connectivity index (χ1n) is 6.73. The van der Waals surface area contributed by atoms with E-state index in [1.807, 2.05) is 24.3 Å². The normalized spacial score (nSPS) is 10.6. The van der Waals surface area contributed by atoms with Crippen molar-refractivity contribution >= 4 is 11.6 Å². The van der Waals surface area contributed by atoms with Gasteiger partial charge in [-0.25, -0.2) is 0 Å². The quantitative estimate of drug-likeness (QED) is 0.866. The van der Waals surface area contributed by atoms with E-state index in [1.165, 1.54) is 6.26 Å². The lowest BCUT2D eigenvalue weighted by Gasteiger charge is -2.09. The molecule has 0 aliphatic heterocycles. The minimum absolute atomic E-state index is 0.261. The number of hydrogen-bond donors (Lipinski definition) is 1. The molecule has 0 aliphatic rings. The smallest absolute Gasteiger partial charge is 0.291 e. The number of benzene rings is 1. The number of ether oxygens (including phenoxy) is 1. The van der Waals surface area contributed by atoms with Crippen LogP contribution in [0.3, 0.4) is 0 Å². The van der Waals surface area contributed by atoms with E-state index in [1.54, 1.807) is 12.1 Å². The highest BCUT2D eigenvalue weighted by Gasteiger charge is 2.08. The van der Waals surface area contributed by atoms with E-state index in [9.17, 15) is 4.79 Å². The van der Waals surface area contributed by atoms with Crippen molar-refractivity contribution in [3.63, 3.8) is 0 Å². The molecule has 1 heterocycles. The van der Waals surface area contributed by atoms with Gasteiger partial charge in [0.1, 0.15) is 5.75 Å². The van der Waals surface area contributed by atoms with Crippen LogP contribution in [0, 0.1) is 5.92 Å². The maximum atomic E-state index is 11.8. The van der Waals surface area contributed by atoms with Gasteiger partial charge in [0, 0.05) is 5.69 Å². The molecule has 4 heteroatoms. The molecule has 4 nitrogen and oxygen atoms in total. The average molecular weight is 273 g/mol. The van der Waals surface area contributed by atoms with Gasteiger partial charge in [0.25, 0.3) is 5.91 Å². The van der Waals surface area contributed by atoms with E-state index < -0.39 is 0 Å². The first kappa shape index (κ1) is 14.2. The summed E-state index contributed by atoms with van der Waals surface area (Å²) in [6.07, 6.45) is 2.50. The topological polar surface area (TPSA) is 51.5 Å². The van der Waals surface area contributed by atoms with E-state index in [-0.39, 0.29) is 5.91 Å². The maximum Gasteiger partial charge on any atom is 0.291 e. The molecule has 0 atom stereocenters. The molecular weight excluding hydrogens is 254 g/mol. The van der Waals surface area contributed by atoms with Crippen molar-refractivity contribution < 1.29 is 13.9 Å². The van der Waals surface area contributed by atoms with Crippen molar-refractivity contribution in [2.45, 2.75) is 20.3 Å². The van der Waals surface area contributed by atoms with Crippen LogP contribution in [-0.2, 0) is 0 Å². The Kier molecular flexibility index (Phi) is 4.82. The third-order valence-electron chi connectivity index (χ3n) is 2.82.